The van der Waals surface area contributed by atoms with Crippen molar-refractivity contribution in [3.63, 3.8) is 0 Å². The molecule has 0 aliphatic carbocycles. The fourth-order valence-electron chi connectivity index (χ4n) is 2.29. The van der Waals surface area contributed by atoms with E-state index >= 15 is 0 Å². The van der Waals surface area contributed by atoms with Gasteiger partial charge in [-0.1, -0.05) is 13.8 Å². The summed E-state index contributed by atoms with van der Waals surface area (Å²) in [5.74, 6) is 0.600. The Bertz CT molecular complexity index is 641. The molecule has 1 aliphatic rings. The summed E-state index contributed by atoms with van der Waals surface area (Å²) in [7, 11) is -2.20. The molecule has 2 N–H and O–H groups in total. The van der Waals surface area contributed by atoms with E-state index in [0.29, 0.717) is 24.6 Å². The number of fused-ring (bicyclic) bond motifs is 1. The van der Waals surface area contributed by atoms with Gasteiger partial charge in [-0.3, -0.25) is 9.52 Å². The minimum absolute atomic E-state index is 0.0688. The Hall–Kier alpha value is -1.60. The maximum atomic E-state index is 12.1. The summed E-state index contributed by atoms with van der Waals surface area (Å²) in [5.41, 5.74) is 2.20. The first-order valence-corrected chi connectivity index (χ1v) is 8.45. The molecule has 6 nitrogen and oxygen atoms in total. The zero-order valence-corrected chi connectivity index (χ0v) is 13.3. The van der Waals surface area contributed by atoms with Gasteiger partial charge in [-0.05, 0) is 36.1 Å². The number of nitrogens with one attached hydrogen (secondary N) is 2. The highest BCUT2D eigenvalue weighted by Gasteiger charge is 2.27. The van der Waals surface area contributed by atoms with Gasteiger partial charge in [-0.2, -0.15) is 8.42 Å². The molecule has 1 aromatic carbocycles. The van der Waals surface area contributed by atoms with Crippen LogP contribution >= 0.6 is 0 Å². The molecule has 0 atom stereocenters. The standard InChI is InChI=1S/C14H21N3O3S/c1-10(2)6-7-17-13-5-4-12(16-21(19,20)15-3)8-11(13)9-14(17)18/h4-5,8,10,15-16H,6-7,9H2,1-3H3. The highest BCUT2D eigenvalue weighted by atomic mass is 32.2. The minimum Gasteiger partial charge on any atom is -0.312 e. The number of rotatable bonds is 6. The van der Waals surface area contributed by atoms with Gasteiger partial charge >= 0.3 is 0 Å². The summed E-state index contributed by atoms with van der Waals surface area (Å²) in [6, 6.07) is 5.19. The second kappa shape index (κ2) is 6.03. The number of carbonyl (C=O) groups is 1. The van der Waals surface area contributed by atoms with E-state index in [1.165, 1.54) is 7.05 Å². The summed E-state index contributed by atoms with van der Waals surface area (Å²) in [6.07, 6.45) is 1.27. The third kappa shape index (κ3) is 3.74. The maximum Gasteiger partial charge on any atom is 0.298 e. The van der Waals surface area contributed by atoms with E-state index in [9.17, 15) is 13.2 Å². The van der Waals surface area contributed by atoms with E-state index in [1.807, 2.05) is 0 Å². The molecule has 21 heavy (non-hydrogen) atoms. The maximum absolute atomic E-state index is 12.1. The van der Waals surface area contributed by atoms with Gasteiger partial charge in [-0.25, -0.2) is 4.72 Å². The van der Waals surface area contributed by atoms with Gasteiger partial charge in [0.05, 0.1) is 12.1 Å². The predicted molar refractivity (Wildman–Crippen MR) is 83.6 cm³/mol. The molecule has 0 fully saturated rings. The van der Waals surface area contributed by atoms with Crippen molar-refractivity contribution in [2.75, 3.05) is 23.2 Å². The van der Waals surface area contributed by atoms with Gasteiger partial charge in [0.25, 0.3) is 10.2 Å². The zero-order chi connectivity index (χ0) is 15.6. The average Bonchev–Trinajstić information content (AvgIpc) is 2.70. The Balaban J connectivity index is 2.19. The summed E-state index contributed by atoms with van der Waals surface area (Å²) < 4.78 is 27.6. The predicted octanol–water partition coefficient (Wildman–Crippen LogP) is 1.50. The third-order valence-corrected chi connectivity index (χ3v) is 4.51. The van der Waals surface area contributed by atoms with Gasteiger partial charge in [-0.15, -0.1) is 0 Å². The number of benzene rings is 1. The van der Waals surface area contributed by atoms with Crippen molar-refractivity contribution in [2.24, 2.45) is 5.92 Å². The van der Waals surface area contributed by atoms with Crippen molar-refractivity contribution in [3.8, 4) is 0 Å². The fraction of sp³-hybridized carbons (Fsp3) is 0.500. The molecule has 1 aromatic rings. The molecule has 7 heteroatoms. The number of carbonyl (C=O) groups excluding carboxylic acids is 1. The Morgan fingerprint density at radius 3 is 2.67 bits per heavy atom. The van der Waals surface area contributed by atoms with Crippen LogP contribution in [-0.4, -0.2) is 27.9 Å². The lowest BCUT2D eigenvalue weighted by Gasteiger charge is -2.19. The van der Waals surface area contributed by atoms with Crippen molar-refractivity contribution in [2.45, 2.75) is 26.7 Å². The molecular formula is C14H21N3O3S. The van der Waals surface area contributed by atoms with E-state index in [2.05, 4.69) is 23.3 Å². The van der Waals surface area contributed by atoms with E-state index in [0.717, 1.165) is 17.7 Å². The first-order valence-electron chi connectivity index (χ1n) is 6.97. The molecule has 0 radical (unpaired) electrons. The van der Waals surface area contributed by atoms with E-state index < -0.39 is 10.2 Å². The van der Waals surface area contributed by atoms with Crippen LogP contribution in [0, 0.1) is 5.92 Å². The lowest BCUT2D eigenvalue weighted by Crippen LogP contribution is -2.28. The Labute approximate surface area is 125 Å². The van der Waals surface area contributed by atoms with Crippen LogP contribution in [0.15, 0.2) is 18.2 Å². The zero-order valence-electron chi connectivity index (χ0n) is 12.5. The van der Waals surface area contributed by atoms with Crippen LogP contribution in [0.25, 0.3) is 0 Å². The van der Waals surface area contributed by atoms with Crippen LogP contribution in [0.4, 0.5) is 11.4 Å². The molecule has 0 bridgehead atoms. The molecule has 0 saturated carbocycles. The fourth-order valence-corrected chi connectivity index (χ4v) is 2.82. The molecule has 0 aromatic heterocycles. The molecule has 116 valence electrons. The van der Waals surface area contributed by atoms with E-state index in [1.54, 1.807) is 23.1 Å². The van der Waals surface area contributed by atoms with Crippen molar-refractivity contribution < 1.29 is 13.2 Å². The molecule has 0 saturated heterocycles. The summed E-state index contributed by atoms with van der Waals surface area (Å²) in [6.45, 7) is 4.94. The van der Waals surface area contributed by atoms with Gasteiger partial charge < -0.3 is 4.90 Å². The smallest absolute Gasteiger partial charge is 0.298 e. The molecular weight excluding hydrogens is 290 g/mol. The second-order valence-corrected chi connectivity index (χ2v) is 7.18. The van der Waals surface area contributed by atoms with Crippen LogP contribution in [0.2, 0.25) is 0 Å². The minimum atomic E-state index is -3.54. The lowest BCUT2D eigenvalue weighted by molar-refractivity contribution is -0.117. The van der Waals surface area contributed by atoms with Gasteiger partial charge in [0.1, 0.15) is 0 Å². The number of hydrogen-bond donors (Lipinski definition) is 2. The van der Waals surface area contributed by atoms with Crippen LogP contribution in [0.3, 0.4) is 0 Å². The lowest BCUT2D eigenvalue weighted by atomic mass is 10.1. The number of amides is 1. The number of hydrogen-bond acceptors (Lipinski definition) is 3. The second-order valence-electron chi connectivity index (χ2n) is 5.56. The average molecular weight is 311 g/mol. The van der Waals surface area contributed by atoms with Gasteiger partial charge in [0, 0.05) is 19.3 Å². The topological polar surface area (TPSA) is 78.5 Å². The van der Waals surface area contributed by atoms with Crippen molar-refractivity contribution >= 4 is 27.5 Å². The largest absolute Gasteiger partial charge is 0.312 e. The highest BCUT2D eigenvalue weighted by molar-refractivity contribution is 7.90. The normalized spacial score (nSPS) is 14.7. The summed E-state index contributed by atoms with van der Waals surface area (Å²) in [4.78, 5) is 13.9. The summed E-state index contributed by atoms with van der Waals surface area (Å²) >= 11 is 0. The molecule has 0 spiro atoms. The van der Waals surface area contributed by atoms with E-state index in [4.69, 9.17) is 0 Å². The van der Waals surface area contributed by atoms with Crippen LogP contribution < -0.4 is 14.3 Å². The summed E-state index contributed by atoms with van der Waals surface area (Å²) in [5, 5.41) is 0. The monoisotopic (exact) mass is 311 g/mol. The van der Waals surface area contributed by atoms with Crippen LogP contribution in [-0.2, 0) is 21.4 Å². The molecule has 1 aliphatic heterocycles. The van der Waals surface area contributed by atoms with E-state index in [-0.39, 0.29) is 5.91 Å². The van der Waals surface area contributed by atoms with Crippen molar-refractivity contribution in [3.05, 3.63) is 23.8 Å². The first kappa shape index (κ1) is 15.8. The Kier molecular flexibility index (Phi) is 4.53. The Morgan fingerprint density at radius 1 is 1.33 bits per heavy atom. The van der Waals surface area contributed by atoms with Gasteiger partial charge in [0.15, 0.2) is 0 Å². The molecule has 2 rings (SSSR count). The van der Waals surface area contributed by atoms with Crippen LogP contribution in [0.5, 0.6) is 0 Å². The van der Waals surface area contributed by atoms with Crippen molar-refractivity contribution in [1.29, 1.82) is 0 Å². The van der Waals surface area contributed by atoms with Crippen molar-refractivity contribution in [1.82, 2.24) is 4.72 Å². The molecule has 0 unspecified atom stereocenters. The quantitative estimate of drug-likeness (QED) is 0.835. The van der Waals surface area contributed by atoms with Gasteiger partial charge in [0.2, 0.25) is 5.91 Å². The number of anilines is 2. The van der Waals surface area contributed by atoms with Crippen LogP contribution in [0.1, 0.15) is 25.8 Å². The first-order chi connectivity index (χ1) is 9.82. The molecule has 1 heterocycles. The third-order valence-electron chi connectivity index (χ3n) is 3.46. The Morgan fingerprint density at radius 2 is 2.05 bits per heavy atom. The molecule has 1 amide bonds. The highest BCUT2D eigenvalue weighted by Crippen LogP contribution is 2.31. The SMILES string of the molecule is CNS(=O)(=O)Nc1ccc2c(c1)CC(=O)N2CCC(C)C. The number of nitrogens with zero attached hydrogens (tertiary/aromatic N) is 1.